The highest BCUT2D eigenvalue weighted by molar-refractivity contribution is 6.35. The average Bonchev–Trinajstić information content (AvgIpc) is 1.75. The van der Waals surface area contributed by atoms with Crippen LogP contribution in [0.4, 0.5) is 17.5 Å². The molecule has 0 saturated heterocycles. The predicted octanol–water partition coefficient (Wildman–Crippen LogP) is 12.8. The van der Waals surface area contributed by atoms with E-state index in [4.69, 9.17) is 23.2 Å². The second-order valence-corrected chi connectivity index (χ2v) is 22.4. The quantitative estimate of drug-likeness (QED) is 0.0664. The molecule has 1 aliphatic carbocycles. The molecule has 0 radical (unpaired) electrons. The van der Waals surface area contributed by atoms with Gasteiger partial charge < -0.3 is 35.5 Å². The third-order valence-corrected chi connectivity index (χ3v) is 16.2. The maximum Gasteiger partial charge on any atom is 0.264 e. The van der Waals surface area contributed by atoms with E-state index in [0.29, 0.717) is 60.7 Å². The summed E-state index contributed by atoms with van der Waals surface area (Å²) < 4.78 is 5.37. The summed E-state index contributed by atoms with van der Waals surface area (Å²) in [5.41, 5.74) is 9.95. The molecule has 438 valence electrons. The van der Waals surface area contributed by atoms with Crippen molar-refractivity contribution in [3.05, 3.63) is 235 Å². The van der Waals surface area contributed by atoms with Crippen molar-refractivity contribution in [2.45, 2.75) is 71.6 Å². The van der Waals surface area contributed by atoms with Crippen LogP contribution in [0.15, 0.2) is 180 Å². The summed E-state index contributed by atoms with van der Waals surface area (Å²) in [6.07, 6.45) is 11.2. The van der Waals surface area contributed by atoms with Crippen molar-refractivity contribution in [1.82, 2.24) is 73.5 Å². The lowest BCUT2D eigenvalue weighted by molar-refractivity contribution is 0.636. The number of rotatable bonds is 12. The summed E-state index contributed by atoms with van der Waals surface area (Å²) in [6, 6.07) is 40.2. The first-order valence-corrected chi connectivity index (χ1v) is 29.2. The third-order valence-electron chi connectivity index (χ3n) is 15.6. The molecule has 88 heavy (non-hydrogen) atoms. The van der Waals surface area contributed by atoms with E-state index in [1.165, 1.54) is 19.0 Å². The lowest BCUT2D eigenvalue weighted by Crippen LogP contribution is -2.26. The Hall–Kier alpha value is -10.6. The van der Waals surface area contributed by atoms with Gasteiger partial charge in [-0.2, -0.15) is 0 Å². The van der Waals surface area contributed by atoms with Gasteiger partial charge >= 0.3 is 0 Å². The van der Waals surface area contributed by atoms with E-state index in [1.807, 2.05) is 148 Å². The number of hydrogen-bond donors (Lipinski definition) is 6. The summed E-state index contributed by atoms with van der Waals surface area (Å²) in [4.78, 5) is 87.6. The molecule has 23 heteroatoms. The zero-order valence-electron chi connectivity index (χ0n) is 48.2. The standard InChI is InChI=1S/C24H22N6O.C22H17ClN6O.C19H17ClN6O/c1-14-6-4-9-18(10-14)30-19(11-17-8-5-7-15(2)20(17)24(30)31)16(3)29-23-21-22(26-12-25-21)27-13-28-23;1-13(28-21-19-20(25-11-24-19)26-12-27-21)17-10-14-6-5-9-16(23)18(14)22(30)29(17)15-7-3-2-4-8-15;1-10(25-18-16-17(22-8-21-16)23-9-24-18)14-7-11-3-2-4-13(20)15(11)19(27)26(14)12-5-6-12/h4-13,16H,1-3H3,(H2,25,26,27,28,29);2-13H,1H3,(H2,24,25,26,27,28);2-4,7-10,12H,5-6H2,1H3,(H2,21,22,23,24,25)/t16-;13-;10-/m000/s1. The monoisotopic (exact) mass is 1210 g/mol. The minimum atomic E-state index is -0.248. The zero-order valence-corrected chi connectivity index (χ0v) is 49.7. The van der Waals surface area contributed by atoms with E-state index in [-0.39, 0.29) is 40.8 Å². The highest BCUT2D eigenvalue weighted by Gasteiger charge is 2.30. The number of nitrogens with zero attached hydrogens (tertiary/aromatic N) is 12. The lowest BCUT2D eigenvalue weighted by atomic mass is 10.0. The van der Waals surface area contributed by atoms with Gasteiger partial charge in [0.2, 0.25) is 0 Å². The Morgan fingerprint density at radius 1 is 0.455 bits per heavy atom. The predicted molar refractivity (Wildman–Crippen MR) is 346 cm³/mol. The number of fused-ring (bicyclic) bond motifs is 6. The SMILES string of the molecule is C[C@H](Nc1ncnc2nc[nH]c12)c1cc2cccc(Cl)c2c(=O)n1-c1ccccc1.C[C@H](Nc1ncnc2nc[nH]c12)c1cc2cccc(Cl)c2c(=O)n1C1CC1.Cc1cccc(-n2c([C@H](C)Nc3ncnc4nc[nH]c34)cc3cccc(C)c3c2=O)c1. The maximum absolute atomic E-state index is 13.7. The molecule has 0 bridgehead atoms. The third kappa shape index (κ3) is 10.8. The number of nitrogens with one attached hydrogen (secondary N) is 6. The number of para-hydroxylation sites is 1. The van der Waals surface area contributed by atoms with Crippen molar-refractivity contribution in [2.24, 2.45) is 0 Å². The average molecular weight is 1210 g/mol. The van der Waals surface area contributed by atoms with Crippen molar-refractivity contribution >= 4 is 106 Å². The van der Waals surface area contributed by atoms with Gasteiger partial charge in [-0.3, -0.25) is 23.5 Å². The number of aromatic nitrogens is 15. The molecule has 1 fully saturated rings. The molecule has 1 saturated carbocycles. The van der Waals surface area contributed by atoms with Crippen molar-refractivity contribution in [3.63, 3.8) is 0 Å². The zero-order chi connectivity index (χ0) is 60.7. The Kier molecular flexibility index (Phi) is 15.2. The molecule has 6 N–H and O–H groups in total. The highest BCUT2D eigenvalue weighted by Crippen LogP contribution is 2.38. The van der Waals surface area contributed by atoms with E-state index >= 15 is 0 Å². The van der Waals surface area contributed by atoms with Crippen LogP contribution in [-0.2, 0) is 0 Å². The fourth-order valence-electron chi connectivity index (χ4n) is 11.3. The Morgan fingerprint density at radius 3 is 1.38 bits per heavy atom. The summed E-state index contributed by atoms with van der Waals surface area (Å²) in [5, 5.41) is 15.5. The van der Waals surface area contributed by atoms with Crippen LogP contribution in [0.3, 0.4) is 0 Å². The van der Waals surface area contributed by atoms with Crippen molar-refractivity contribution in [2.75, 3.05) is 16.0 Å². The second-order valence-electron chi connectivity index (χ2n) is 21.6. The molecule has 5 aromatic carbocycles. The van der Waals surface area contributed by atoms with Crippen LogP contribution < -0.4 is 32.6 Å². The Morgan fingerprint density at radius 2 is 0.875 bits per heavy atom. The number of benzene rings is 5. The molecule has 15 rings (SSSR count). The van der Waals surface area contributed by atoms with Crippen molar-refractivity contribution < 1.29 is 0 Å². The minimum Gasteiger partial charge on any atom is -0.360 e. The van der Waals surface area contributed by atoms with Gasteiger partial charge in [0.05, 0.1) is 63.3 Å². The first-order valence-electron chi connectivity index (χ1n) is 28.5. The van der Waals surface area contributed by atoms with Gasteiger partial charge in [0.1, 0.15) is 35.5 Å². The summed E-state index contributed by atoms with van der Waals surface area (Å²) in [5.74, 6) is 1.91. The first-order chi connectivity index (χ1) is 42.8. The molecule has 3 atom stereocenters. The number of aromatic amines is 3. The van der Waals surface area contributed by atoms with Gasteiger partial charge in [0, 0.05) is 34.5 Å². The molecule has 1 aliphatic rings. The molecule has 9 aromatic heterocycles. The summed E-state index contributed by atoms with van der Waals surface area (Å²) >= 11 is 12.7. The van der Waals surface area contributed by atoms with Crippen LogP contribution in [0.25, 0.3) is 77.2 Å². The van der Waals surface area contributed by atoms with Crippen LogP contribution >= 0.6 is 23.2 Å². The lowest BCUT2D eigenvalue weighted by Gasteiger charge is -2.22. The van der Waals surface area contributed by atoms with E-state index in [9.17, 15) is 14.4 Å². The molecule has 14 aromatic rings. The van der Waals surface area contributed by atoms with Crippen LogP contribution in [0.2, 0.25) is 10.0 Å². The Labute approximate surface area is 511 Å². The van der Waals surface area contributed by atoms with Gasteiger partial charge in [-0.15, -0.1) is 0 Å². The number of aryl methyl sites for hydroxylation is 2. The fraction of sp³-hybridized carbons (Fsp3) is 0.169. The number of anilines is 3. The van der Waals surface area contributed by atoms with Gasteiger partial charge in [-0.05, 0) is 129 Å². The number of hydrogen-bond acceptors (Lipinski definition) is 15. The molecular formula is C65H56Cl2N18O3. The second kappa shape index (κ2) is 23.7. The van der Waals surface area contributed by atoms with Gasteiger partial charge in [-0.25, -0.2) is 44.9 Å². The minimum absolute atomic E-state index is 0.0285. The molecule has 0 aliphatic heterocycles. The molecule has 0 unspecified atom stereocenters. The fourth-order valence-corrected chi connectivity index (χ4v) is 11.8. The number of pyridine rings is 3. The van der Waals surface area contributed by atoms with Gasteiger partial charge in [0.25, 0.3) is 16.7 Å². The largest absolute Gasteiger partial charge is 0.360 e. The number of imidazole rings is 3. The van der Waals surface area contributed by atoms with Gasteiger partial charge in [-0.1, -0.05) is 96.0 Å². The van der Waals surface area contributed by atoms with Crippen LogP contribution in [0.5, 0.6) is 0 Å². The van der Waals surface area contributed by atoms with Gasteiger partial charge in [0.15, 0.2) is 34.4 Å². The summed E-state index contributed by atoms with van der Waals surface area (Å²) in [6.45, 7) is 10.0. The molecule has 21 nitrogen and oxygen atoms in total. The molecule has 0 amide bonds. The molecular weight excluding hydrogens is 1150 g/mol. The van der Waals surface area contributed by atoms with E-state index in [2.05, 4.69) is 81.8 Å². The first kappa shape index (κ1) is 56.5. The number of H-pyrrole nitrogens is 3. The topological polar surface area (TPSA) is 265 Å². The van der Waals surface area contributed by atoms with Crippen LogP contribution in [0.1, 0.15) is 86.0 Å². The number of halogens is 2. The Balaban J connectivity index is 0.000000122. The Bertz CT molecular complexity index is 5150. The smallest absolute Gasteiger partial charge is 0.264 e. The van der Waals surface area contributed by atoms with E-state index < -0.39 is 0 Å². The van der Waals surface area contributed by atoms with Crippen LogP contribution in [0, 0.1) is 13.8 Å². The summed E-state index contributed by atoms with van der Waals surface area (Å²) in [7, 11) is 0. The molecule has 9 heterocycles. The van der Waals surface area contributed by atoms with E-state index in [0.717, 1.165) is 85.0 Å². The molecule has 0 spiro atoms. The van der Waals surface area contributed by atoms with Crippen molar-refractivity contribution in [1.29, 1.82) is 0 Å². The van der Waals surface area contributed by atoms with Crippen LogP contribution in [-0.4, -0.2) is 73.5 Å². The highest BCUT2D eigenvalue weighted by atomic mass is 35.5. The van der Waals surface area contributed by atoms with Crippen molar-refractivity contribution in [3.8, 4) is 11.4 Å². The maximum atomic E-state index is 13.7. The normalized spacial score (nSPS) is 13.3. The van der Waals surface area contributed by atoms with E-state index in [1.54, 1.807) is 40.2 Å².